The number of aliphatic carboxylic acids is 1. The molecule has 4 heteroatoms. The van der Waals surface area contributed by atoms with Gasteiger partial charge in [-0.2, -0.15) is 0 Å². The Kier molecular flexibility index (Phi) is 3.69. The van der Waals surface area contributed by atoms with Crippen molar-refractivity contribution in [3.8, 4) is 0 Å². The molecule has 0 aromatic heterocycles. The molecule has 1 rings (SSSR count). The lowest BCUT2D eigenvalue weighted by Gasteiger charge is -2.35. The van der Waals surface area contributed by atoms with Crippen molar-refractivity contribution in [2.24, 2.45) is 5.92 Å². The quantitative estimate of drug-likeness (QED) is 0.696. The molecule has 76 valence electrons. The molecule has 13 heavy (non-hydrogen) atoms. The molecule has 0 unspecified atom stereocenters. The second-order valence-electron chi connectivity index (χ2n) is 3.66. The molecular weight excluding hydrogens is 170 g/mol. The number of nitrogens with zero attached hydrogens (tertiary/aromatic N) is 1. The summed E-state index contributed by atoms with van der Waals surface area (Å²) in [5, 5.41) is 8.81. The zero-order chi connectivity index (χ0) is 9.84. The van der Waals surface area contributed by atoms with Crippen molar-refractivity contribution in [2.45, 2.75) is 18.9 Å². The molecule has 1 fully saturated rings. The number of rotatable bonds is 3. The Hall–Kier alpha value is -0.610. The largest absolute Gasteiger partial charge is 0.481 e. The van der Waals surface area contributed by atoms with Crippen molar-refractivity contribution in [3.63, 3.8) is 0 Å². The molecule has 2 atom stereocenters. The normalized spacial score (nSPS) is 30.3. The average Bonchev–Trinajstić information content (AvgIpc) is 2.08. The van der Waals surface area contributed by atoms with Gasteiger partial charge in [-0.3, -0.25) is 4.79 Å². The van der Waals surface area contributed by atoms with Crippen molar-refractivity contribution >= 4 is 5.97 Å². The summed E-state index contributed by atoms with van der Waals surface area (Å²) in [4.78, 5) is 12.8. The Balaban J connectivity index is 2.41. The Labute approximate surface area is 78.5 Å². The van der Waals surface area contributed by atoms with Crippen LogP contribution < -0.4 is 0 Å². The SMILES string of the molecule is COC[C@@H]1CC[C@H](C(=O)O)CN1C. The molecule has 0 bridgehead atoms. The van der Waals surface area contributed by atoms with Gasteiger partial charge in [-0.1, -0.05) is 0 Å². The van der Waals surface area contributed by atoms with E-state index >= 15 is 0 Å². The van der Waals surface area contributed by atoms with Gasteiger partial charge < -0.3 is 14.7 Å². The van der Waals surface area contributed by atoms with Crippen LogP contribution in [0, 0.1) is 5.92 Å². The van der Waals surface area contributed by atoms with E-state index in [-0.39, 0.29) is 5.92 Å². The van der Waals surface area contributed by atoms with Gasteiger partial charge in [0.05, 0.1) is 12.5 Å². The summed E-state index contributed by atoms with van der Waals surface area (Å²) in [6, 6.07) is 0.389. The molecule has 1 saturated heterocycles. The molecule has 0 spiro atoms. The summed E-state index contributed by atoms with van der Waals surface area (Å²) in [6.07, 6.45) is 1.69. The third-order valence-electron chi connectivity index (χ3n) is 2.69. The number of methoxy groups -OCH3 is 1. The summed E-state index contributed by atoms with van der Waals surface area (Å²) in [5.41, 5.74) is 0. The number of piperidine rings is 1. The number of hydrogen-bond acceptors (Lipinski definition) is 3. The van der Waals surface area contributed by atoms with Crippen LogP contribution in [0.25, 0.3) is 0 Å². The van der Waals surface area contributed by atoms with Crippen LogP contribution in [0.1, 0.15) is 12.8 Å². The van der Waals surface area contributed by atoms with Crippen LogP contribution in [0.5, 0.6) is 0 Å². The second kappa shape index (κ2) is 4.58. The van der Waals surface area contributed by atoms with E-state index in [2.05, 4.69) is 4.90 Å². The minimum Gasteiger partial charge on any atom is -0.481 e. The second-order valence-corrected chi connectivity index (χ2v) is 3.66. The first kappa shape index (κ1) is 10.5. The highest BCUT2D eigenvalue weighted by Crippen LogP contribution is 2.20. The molecule has 0 radical (unpaired) electrons. The summed E-state index contributed by atoms with van der Waals surface area (Å²) in [6.45, 7) is 1.34. The highest BCUT2D eigenvalue weighted by molar-refractivity contribution is 5.70. The Morgan fingerprint density at radius 1 is 1.62 bits per heavy atom. The van der Waals surface area contributed by atoms with E-state index in [4.69, 9.17) is 9.84 Å². The van der Waals surface area contributed by atoms with Crippen LogP contribution in [0.4, 0.5) is 0 Å². The zero-order valence-corrected chi connectivity index (χ0v) is 8.19. The van der Waals surface area contributed by atoms with E-state index in [9.17, 15) is 4.79 Å². The monoisotopic (exact) mass is 187 g/mol. The number of likely N-dealkylation sites (tertiary alicyclic amines) is 1. The van der Waals surface area contributed by atoms with Gasteiger partial charge in [-0.25, -0.2) is 0 Å². The summed E-state index contributed by atoms with van der Waals surface area (Å²) in [5.74, 6) is -0.874. The third-order valence-corrected chi connectivity index (χ3v) is 2.69. The van der Waals surface area contributed by atoms with Gasteiger partial charge in [0.25, 0.3) is 0 Å². The Morgan fingerprint density at radius 2 is 2.31 bits per heavy atom. The van der Waals surface area contributed by atoms with Gasteiger partial charge >= 0.3 is 5.97 Å². The van der Waals surface area contributed by atoms with Crippen LogP contribution >= 0.6 is 0 Å². The van der Waals surface area contributed by atoms with Gasteiger partial charge in [0.15, 0.2) is 0 Å². The highest BCUT2D eigenvalue weighted by atomic mass is 16.5. The van der Waals surface area contributed by atoms with Crippen molar-refractivity contribution < 1.29 is 14.6 Å². The van der Waals surface area contributed by atoms with E-state index in [0.29, 0.717) is 19.2 Å². The van der Waals surface area contributed by atoms with E-state index in [1.54, 1.807) is 7.11 Å². The van der Waals surface area contributed by atoms with E-state index in [1.807, 2.05) is 7.05 Å². The van der Waals surface area contributed by atoms with Gasteiger partial charge in [0.1, 0.15) is 0 Å². The maximum atomic E-state index is 10.7. The first-order valence-electron chi connectivity index (χ1n) is 4.57. The van der Waals surface area contributed by atoms with Gasteiger partial charge in [-0.15, -0.1) is 0 Å². The lowest BCUT2D eigenvalue weighted by Crippen LogP contribution is -2.45. The predicted molar refractivity (Wildman–Crippen MR) is 48.7 cm³/mol. The molecular formula is C9H17NO3. The molecule has 1 heterocycles. The lowest BCUT2D eigenvalue weighted by atomic mass is 9.94. The molecule has 1 aliphatic heterocycles. The summed E-state index contributed by atoms with van der Waals surface area (Å²) < 4.78 is 5.06. The number of carboxylic acids is 1. The standard InChI is InChI=1S/C9H17NO3/c1-10-5-7(9(11)12)3-4-8(10)6-13-2/h7-8H,3-6H2,1-2H3,(H,11,12)/t7-,8-/m0/s1. The van der Waals surface area contributed by atoms with Crippen LogP contribution in [-0.2, 0) is 9.53 Å². The molecule has 0 saturated carbocycles. The van der Waals surface area contributed by atoms with E-state index in [1.165, 1.54) is 0 Å². The number of carboxylic acid groups (broad SMARTS) is 1. The molecule has 0 amide bonds. The van der Waals surface area contributed by atoms with Gasteiger partial charge in [-0.05, 0) is 19.9 Å². The first-order valence-corrected chi connectivity index (χ1v) is 4.57. The van der Waals surface area contributed by atoms with E-state index < -0.39 is 5.97 Å². The molecule has 1 N–H and O–H groups in total. The minimum atomic E-state index is -0.678. The molecule has 0 aromatic carbocycles. The maximum Gasteiger partial charge on any atom is 0.307 e. The van der Waals surface area contributed by atoms with Crippen molar-refractivity contribution in [3.05, 3.63) is 0 Å². The smallest absolute Gasteiger partial charge is 0.307 e. The summed E-state index contributed by atoms with van der Waals surface area (Å²) in [7, 11) is 3.63. The van der Waals surface area contributed by atoms with Crippen LogP contribution in [0.3, 0.4) is 0 Å². The highest BCUT2D eigenvalue weighted by Gasteiger charge is 2.29. The van der Waals surface area contributed by atoms with Gasteiger partial charge in [0, 0.05) is 19.7 Å². The first-order chi connectivity index (χ1) is 6.15. The van der Waals surface area contributed by atoms with Crippen LogP contribution in [-0.4, -0.2) is 49.3 Å². The van der Waals surface area contributed by atoms with Gasteiger partial charge in [0.2, 0.25) is 0 Å². The van der Waals surface area contributed by atoms with Crippen molar-refractivity contribution in [1.29, 1.82) is 0 Å². The molecule has 1 aliphatic rings. The maximum absolute atomic E-state index is 10.7. The number of likely N-dealkylation sites (N-methyl/N-ethyl adjacent to an activating group) is 1. The minimum absolute atomic E-state index is 0.196. The zero-order valence-electron chi connectivity index (χ0n) is 8.19. The molecule has 4 nitrogen and oxygen atoms in total. The fraction of sp³-hybridized carbons (Fsp3) is 0.889. The van der Waals surface area contributed by atoms with E-state index in [0.717, 1.165) is 12.8 Å². The fourth-order valence-electron chi connectivity index (χ4n) is 1.81. The lowest BCUT2D eigenvalue weighted by molar-refractivity contribution is -0.144. The van der Waals surface area contributed by atoms with Crippen LogP contribution in [0.15, 0.2) is 0 Å². The fourth-order valence-corrected chi connectivity index (χ4v) is 1.81. The number of carbonyl (C=O) groups is 1. The Morgan fingerprint density at radius 3 is 2.77 bits per heavy atom. The van der Waals surface area contributed by atoms with Crippen molar-refractivity contribution in [1.82, 2.24) is 4.90 Å². The number of ether oxygens (including phenoxy) is 1. The van der Waals surface area contributed by atoms with Crippen LogP contribution in [0.2, 0.25) is 0 Å². The van der Waals surface area contributed by atoms with Crippen molar-refractivity contribution in [2.75, 3.05) is 27.3 Å². The third kappa shape index (κ3) is 2.67. The summed E-state index contributed by atoms with van der Waals surface area (Å²) >= 11 is 0. The molecule has 0 aliphatic carbocycles. The topological polar surface area (TPSA) is 49.8 Å². The number of hydrogen-bond donors (Lipinski definition) is 1. The predicted octanol–water partition coefficient (Wildman–Crippen LogP) is 0.428. The molecule has 0 aromatic rings. The average molecular weight is 187 g/mol. The Bertz CT molecular complexity index is 184.